The highest BCUT2D eigenvalue weighted by Crippen LogP contribution is 2.46. The number of rotatable bonds is 6. The van der Waals surface area contributed by atoms with Gasteiger partial charge in [-0.1, -0.05) is 70.2 Å². The predicted octanol–water partition coefficient (Wildman–Crippen LogP) is 8.35. The second-order valence-electron chi connectivity index (χ2n) is 11.2. The van der Waals surface area contributed by atoms with E-state index in [1.807, 2.05) is 0 Å². The standard InChI is InChI=1S/C29H46O/c1-3-5-23-8-12-25(13-9-23)27-18-20-29(30,21-19-27)28-16-14-26(15-17-28)24-10-6-22(4-2)7-11-24/h14-17,22-25,27,30H,3-13,18-21H2,1-2H3. The fraction of sp³-hybridized carbons (Fsp3) is 0.793. The van der Waals surface area contributed by atoms with E-state index in [0.717, 1.165) is 42.4 Å². The largest absolute Gasteiger partial charge is 0.385 e. The molecule has 0 bridgehead atoms. The lowest BCUT2D eigenvalue weighted by molar-refractivity contribution is -0.0260. The molecule has 3 saturated carbocycles. The Morgan fingerprint density at radius 3 is 1.87 bits per heavy atom. The summed E-state index contributed by atoms with van der Waals surface area (Å²) in [6, 6.07) is 9.20. The summed E-state index contributed by atoms with van der Waals surface area (Å²) in [5.74, 6) is 4.50. The van der Waals surface area contributed by atoms with Gasteiger partial charge in [-0.05, 0) is 105 Å². The number of hydrogen-bond donors (Lipinski definition) is 1. The van der Waals surface area contributed by atoms with E-state index in [2.05, 4.69) is 38.1 Å². The van der Waals surface area contributed by atoms with Gasteiger partial charge in [0.2, 0.25) is 0 Å². The highest BCUT2D eigenvalue weighted by atomic mass is 16.3. The van der Waals surface area contributed by atoms with Gasteiger partial charge in [-0.15, -0.1) is 0 Å². The summed E-state index contributed by atoms with van der Waals surface area (Å²) >= 11 is 0. The molecule has 0 unspecified atom stereocenters. The highest BCUT2D eigenvalue weighted by molar-refractivity contribution is 5.30. The Labute approximate surface area is 186 Å². The molecule has 0 atom stereocenters. The lowest BCUT2D eigenvalue weighted by Crippen LogP contribution is -2.34. The molecule has 0 heterocycles. The van der Waals surface area contributed by atoms with Crippen LogP contribution in [0.25, 0.3) is 0 Å². The van der Waals surface area contributed by atoms with Crippen LogP contribution in [0.3, 0.4) is 0 Å². The van der Waals surface area contributed by atoms with Crippen LogP contribution in [0, 0.1) is 23.7 Å². The first-order valence-electron chi connectivity index (χ1n) is 13.4. The van der Waals surface area contributed by atoms with E-state index < -0.39 is 5.60 Å². The van der Waals surface area contributed by atoms with Gasteiger partial charge in [-0.3, -0.25) is 0 Å². The molecule has 1 aromatic rings. The summed E-state index contributed by atoms with van der Waals surface area (Å²) in [5.41, 5.74) is 2.11. The molecule has 4 rings (SSSR count). The van der Waals surface area contributed by atoms with E-state index in [1.165, 1.54) is 94.6 Å². The monoisotopic (exact) mass is 410 g/mol. The fourth-order valence-corrected chi connectivity index (χ4v) is 7.20. The quantitative estimate of drug-likeness (QED) is 0.499. The number of benzene rings is 1. The summed E-state index contributed by atoms with van der Waals surface area (Å²) in [4.78, 5) is 0. The first-order chi connectivity index (χ1) is 14.6. The SMILES string of the molecule is CCCC1CCC(C2CCC(O)(c3ccc(C4CCC(CC)CC4)cc3)CC2)CC1. The van der Waals surface area contributed by atoms with Gasteiger partial charge in [0.25, 0.3) is 0 Å². The van der Waals surface area contributed by atoms with Gasteiger partial charge in [-0.25, -0.2) is 0 Å². The molecule has 0 spiro atoms. The van der Waals surface area contributed by atoms with E-state index >= 15 is 0 Å². The van der Waals surface area contributed by atoms with Crippen molar-refractivity contribution in [1.29, 1.82) is 0 Å². The zero-order valence-corrected chi connectivity index (χ0v) is 19.7. The van der Waals surface area contributed by atoms with Gasteiger partial charge in [0.15, 0.2) is 0 Å². The van der Waals surface area contributed by atoms with Crippen LogP contribution in [0.1, 0.15) is 127 Å². The summed E-state index contributed by atoms with van der Waals surface area (Å²) in [7, 11) is 0. The van der Waals surface area contributed by atoms with Crippen molar-refractivity contribution in [2.75, 3.05) is 0 Å². The van der Waals surface area contributed by atoms with Crippen LogP contribution >= 0.6 is 0 Å². The molecule has 1 N–H and O–H groups in total. The molecule has 3 aliphatic rings. The summed E-state index contributed by atoms with van der Waals surface area (Å²) in [6.45, 7) is 4.67. The summed E-state index contributed by atoms with van der Waals surface area (Å²) < 4.78 is 0. The molecular weight excluding hydrogens is 364 g/mol. The minimum absolute atomic E-state index is 0.575. The smallest absolute Gasteiger partial charge is 0.0896 e. The molecule has 30 heavy (non-hydrogen) atoms. The fourth-order valence-electron chi connectivity index (χ4n) is 7.20. The van der Waals surface area contributed by atoms with Gasteiger partial charge in [-0.2, -0.15) is 0 Å². The first kappa shape index (κ1) is 22.4. The second-order valence-corrected chi connectivity index (χ2v) is 11.2. The van der Waals surface area contributed by atoms with Crippen LogP contribution in [0.4, 0.5) is 0 Å². The van der Waals surface area contributed by atoms with E-state index in [9.17, 15) is 5.11 Å². The Hall–Kier alpha value is -0.820. The highest BCUT2D eigenvalue weighted by Gasteiger charge is 2.38. The van der Waals surface area contributed by atoms with Crippen molar-refractivity contribution in [2.45, 2.75) is 122 Å². The van der Waals surface area contributed by atoms with Gasteiger partial charge in [0, 0.05) is 0 Å². The van der Waals surface area contributed by atoms with Crippen LogP contribution in [-0.4, -0.2) is 5.11 Å². The van der Waals surface area contributed by atoms with Crippen LogP contribution in [0.5, 0.6) is 0 Å². The maximum Gasteiger partial charge on any atom is 0.0896 e. The third kappa shape index (κ3) is 5.14. The summed E-state index contributed by atoms with van der Waals surface area (Å²) in [6.07, 6.45) is 19.8. The third-order valence-corrected chi connectivity index (χ3v) is 9.46. The Bertz CT molecular complexity index is 623. The normalized spacial score (nSPS) is 37.8. The molecule has 0 aliphatic heterocycles. The van der Waals surface area contributed by atoms with Crippen molar-refractivity contribution >= 4 is 0 Å². The third-order valence-electron chi connectivity index (χ3n) is 9.46. The zero-order valence-electron chi connectivity index (χ0n) is 19.7. The molecular formula is C29H46O. The first-order valence-corrected chi connectivity index (χ1v) is 13.4. The molecule has 1 aromatic carbocycles. The van der Waals surface area contributed by atoms with Crippen LogP contribution in [-0.2, 0) is 5.60 Å². The minimum atomic E-state index is -0.575. The maximum atomic E-state index is 11.4. The van der Waals surface area contributed by atoms with Crippen molar-refractivity contribution in [3.63, 3.8) is 0 Å². The topological polar surface area (TPSA) is 20.2 Å². The second kappa shape index (κ2) is 10.2. The van der Waals surface area contributed by atoms with Gasteiger partial charge in [0.05, 0.1) is 5.60 Å². The minimum Gasteiger partial charge on any atom is -0.385 e. The van der Waals surface area contributed by atoms with Crippen LogP contribution < -0.4 is 0 Å². The number of aliphatic hydroxyl groups is 1. The van der Waals surface area contributed by atoms with E-state index in [-0.39, 0.29) is 0 Å². The van der Waals surface area contributed by atoms with Gasteiger partial charge >= 0.3 is 0 Å². The lowest BCUT2D eigenvalue weighted by atomic mass is 9.66. The predicted molar refractivity (Wildman–Crippen MR) is 128 cm³/mol. The van der Waals surface area contributed by atoms with Gasteiger partial charge in [0.1, 0.15) is 0 Å². The zero-order chi connectivity index (χ0) is 21.0. The van der Waals surface area contributed by atoms with E-state index in [4.69, 9.17) is 0 Å². The van der Waals surface area contributed by atoms with Crippen molar-refractivity contribution in [3.8, 4) is 0 Å². The molecule has 1 nitrogen and oxygen atoms in total. The average molecular weight is 411 g/mol. The van der Waals surface area contributed by atoms with Crippen molar-refractivity contribution in [1.82, 2.24) is 0 Å². The van der Waals surface area contributed by atoms with Crippen LogP contribution in [0.15, 0.2) is 24.3 Å². The molecule has 3 aliphatic carbocycles. The van der Waals surface area contributed by atoms with Crippen molar-refractivity contribution in [3.05, 3.63) is 35.4 Å². The Morgan fingerprint density at radius 1 is 0.733 bits per heavy atom. The Balaban J connectivity index is 1.29. The maximum absolute atomic E-state index is 11.4. The molecule has 0 aromatic heterocycles. The molecule has 3 fully saturated rings. The van der Waals surface area contributed by atoms with Gasteiger partial charge < -0.3 is 5.11 Å². The lowest BCUT2D eigenvalue weighted by Gasteiger charge is -2.41. The van der Waals surface area contributed by atoms with E-state index in [1.54, 1.807) is 0 Å². The van der Waals surface area contributed by atoms with E-state index in [0.29, 0.717) is 0 Å². The van der Waals surface area contributed by atoms with Crippen molar-refractivity contribution in [2.24, 2.45) is 23.7 Å². The molecule has 0 amide bonds. The average Bonchev–Trinajstić information content (AvgIpc) is 2.81. The molecule has 1 heteroatoms. The summed E-state index contributed by atoms with van der Waals surface area (Å²) in [5, 5.41) is 11.4. The molecule has 168 valence electrons. The Kier molecular flexibility index (Phi) is 7.61. The van der Waals surface area contributed by atoms with Crippen LogP contribution in [0.2, 0.25) is 0 Å². The number of hydrogen-bond acceptors (Lipinski definition) is 1. The Morgan fingerprint density at radius 2 is 1.30 bits per heavy atom. The molecule has 0 radical (unpaired) electrons. The van der Waals surface area contributed by atoms with Crippen molar-refractivity contribution < 1.29 is 5.11 Å². The molecule has 0 saturated heterocycles.